The number of halogens is 5. The molecule has 0 saturated heterocycles. The first-order valence-corrected chi connectivity index (χ1v) is 9.49. The molecule has 1 aliphatic rings. The molecule has 1 aliphatic carbocycles. The molecule has 170 valence electrons. The molecule has 5 rings (SSSR count). The van der Waals surface area contributed by atoms with Crippen molar-refractivity contribution in [3.05, 3.63) is 65.4 Å². The van der Waals surface area contributed by atoms with Crippen LogP contribution in [0.3, 0.4) is 0 Å². The number of alkyl halides is 5. The van der Waals surface area contributed by atoms with E-state index in [9.17, 15) is 26.7 Å². The van der Waals surface area contributed by atoms with Gasteiger partial charge in [0.15, 0.2) is 0 Å². The molecule has 12 heteroatoms. The molecule has 1 atom stereocenters. The average molecular weight is 465 g/mol. The normalized spacial score (nSPS) is 19.2. The first-order valence-electron chi connectivity index (χ1n) is 11.0. The smallest absolute Gasteiger partial charge is 0.382 e. The van der Waals surface area contributed by atoms with Gasteiger partial charge < -0.3 is 10.6 Å². The van der Waals surface area contributed by atoms with Crippen molar-refractivity contribution in [2.24, 2.45) is 0 Å². The van der Waals surface area contributed by atoms with Gasteiger partial charge >= 0.3 is 6.18 Å². The molecule has 33 heavy (non-hydrogen) atoms. The Kier molecular flexibility index (Phi) is 3.66. The molecule has 0 spiro atoms. The van der Waals surface area contributed by atoms with E-state index in [1.54, 1.807) is 0 Å². The predicted octanol–water partition coefficient (Wildman–Crippen LogP) is 4.19. The number of rotatable bonds is 2. The number of pyridine rings is 1. The largest absolute Gasteiger partial charge is 0.416 e. The number of carbonyl (C=O) groups excluding carboxylic acids is 1. The predicted molar refractivity (Wildman–Crippen MR) is 107 cm³/mol. The van der Waals surface area contributed by atoms with E-state index in [2.05, 4.69) is 15.0 Å². The molecule has 0 unspecified atom stereocenters. The highest BCUT2D eigenvalue weighted by Gasteiger charge is 2.48. The van der Waals surface area contributed by atoms with Gasteiger partial charge in [-0.15, -0.1) is 0 Å². The quantitative estimate of drug-likeness (QED) is 0.449. The van der Waals surface area contributed by atoms with Crippen LogP contribution < -0.4 is 5.73 Å². The van der Waals surface area contributed by atoms with E-state index < -0.39 is 54.3 Å². The zero-order valence-electron chi connectivity index (χ0n) is 19.4. The molecule has 3 aromatic heterocycles. The number of nitrogens with two attached hydrogens (primary N) is 1. The Morgan fingerprint density at radius 2 is 2.06 bits per heavy atom. The van der Waals surface area contributed by atoms with Crippen LogP contribution in [0, 0.1) is 0 Å². The number of benzene rings is 1. The van der Waals surface area contributed by atoms with Crippen molar-refractivity contribution in [1.29, 1.82) is 0 Å². The maximum absolute atomic E-state index is 14.8. The van der Waals surface area contributed by atoms with Gasteiger partial charge in [-0.05, 0) is 23.8 Å². The van der Waals surface area contributed by atoms with Gasteiger partial charge in [0.05, 0.1) is 35.8 Å². The van der Waals surface area contributed by atoms with Gasteiger partial charge in [0, 0.05) is 23.1 Å². The summed E-state index contributed by atoms with van der Waals surface area (Å²) in [6.07, 6.45) is -2.11. The lowest BCUT2D eigenvalue weighted by Crippen LogP contribution is -2.31. The van der Waals surface area contributed by atoms with Gasteiger partial charge in [-0.2, -0.15) is 13.2 Å². The Balaban J connectivity index is 1.62. The Morgan fingerprint density at radius 1 is 1.27 bits per heavy atom. The number of fused-ring (bicyclic) bond motifs is 4. The number of anilines is 1. The van der Waals surface area contributed by atoms with Crippen LogP contribution in [-0.4, -0.2) is 37.1 Å². The van der Waals surface area contributed by atoms with Gasteiger partial charge in [-0.3, -0.25) is 9.20 Å². The highest BCUT2D eigenvalue weighted by Crippen LogP contribution is 2.50. The molecule has 0 aliphatic heterocycles. The van der Waals surface area contributed by atoms with Crippen LogP contribution >= 0.6 is 0 Å². The van der Waals surface area contributed by atoms with Crippen LogP contribution in [0.2, 0.25) is 0 Å². The molecule has 0 fully saturated rings. The number of carbonyl (C=O) groups is 1. The summed E-state index contributed by atoms with van der Waals surface area (Å²) in [4.78, 5) is 25.7. The number of aromatic nitrogens is 4. The summed E-state index contributed by atoms with van der Waals surface area (Å²) < 4.78 is 94.1. The lowest BCUT2D eigenvalue weighted by molar-refractivity contribution is -0.137. The fourth-order valence-corrected chi connectivity index (χ4v) is 4.00. The van der Waals surface area contributed by atoms with Crippen LogP contribution in [0.5, 0.6) is 0 Å². The fourth-order valence-electron chi connectivity index (χ4n) is 4.00. The molecule has 0 bridgehead atoms. The third-order valence-electron chi connectivity index (χ3n) is 5.60. The lowest BCUT2D eigenvalue weighted by Gasteiger charge is -2.25. The van der Waals surface area contributed by atoms with Crippen LogP contribution in [0.25, 0.3) is 16.6 Å². The van der Waals surface area contributed by atoms with E-state index in [-0.39, 0.29) is 27.9 Å². The second-order valence-corrected chi connectivity index (χ2v) is 7.60. The fraction of sp³-hybridized carbons (Fsp3) is 0.238. The Morgan fingerprint density at radius 3 is 2.79 bits per heavy atom. The SMILES string of the molecule is [2H]C([2H])([2H])N(C(=O)c1cc2c(cn1)nc(N)c1cncn12)[C@H]1CC(F)(F)c2cc(C(F)(F)F)ccc21. The van der Waals surface area contributed by atoms with E-state index in [4.69, 9.17) is 9.85 Å². The van der Waals surface area contributed by atoms with E-state index in [1.165, 1.54) is 29.2 Å². The number of nitrogens with zero attached hydrogens (tertiary/aromatic N) is 5. The Labute approximate surface area is 186 Å². The highest BCUT2D eigenvalue weighted by molar-refractivity contribution is 5.96. The summed E-state index contributed by atoms with van der Waals surface area (Å²) in [7, 11) is 0. The molecule has 4 aromatic rings. The minimum atomic E-state index is -4.88. The van der Waals surface area contributed by atoms with E-state index >= 15 is 0 Å². The zero-order valence-corrected chi connectivity index (χ0v) is 16.4. The topological polar surface area (TPSA) is 89.4 Å². The molecule has 2 N–H and O–H groups in total. The number of hydrogen-bond acceptors (Lipinski definition) is 5. The number of imidazole rings is 1. The summed E-state index contributed by atoms with van der Waals surface area (Å²) in [5, 5.41) is 0. The minimum Gasteiger partial charge on any atom is -0.382 e. The molecular formula is C21H15F5N6O. The van der Waals surface area contributed by atoms with Gasteiger partial charge in [0.25, 0.3) is 11.8 Å². The van der Waals surface area contributed by atoms with Crippen molar-refractivity contribution in [2.45, 2.75) is 24.6 Å². The summed E-state index contributed by atoms with van der Waals surface area (Å²) in [6.45, 7) is -3.22. The molecule has 0 radical (unpaired) electrons. The summed E-state index contributed by atoms with van der Waals surface area (Å²) in [5.74, 6) is -4.88. The monoisotopic (exact) mass is 465 g/mol. The van der Waals surface area contributed by atoms with Gasteiger partial charge in [0.2, 0.25) is 0 Å². The minimum absolute atomic E-state index is 0.132. The van der Waals surface area contributed by atoms with Crippen molar-refractivity contribution in [2.75, 3.05) is 12.7 Å². The highest BCUT2D eigenvalue weighted by atomic mass is 19.4. The van der Waals surface area contributed by atoms with Crippen molar-refractivity contribution >= 4 is 28.3 Å². The maximum atomic E-state index is 14.8. The summed E-state index contributed by atoms with van der Waals surface area (Å²) in [6, 6.07) is 1.14. The second-order valence-electron chi connectivity index (χ2n) is 7.60. The molecular weight excluding hydrogens is 447 g/mol. The number of nitrogen functional groups attached to an aromatic ring is 1. The van der Waals surface area contributed by atoms with E-state index in [1.807, 2.05) is 0 Å². The second kappa shape index (κ2) is 6.83. The van der Waals surface area contributed by atoms with Crippen molar-refractivity contribution in [3.63, 3.8) is 0 Å². The Bertz CT molecular complexity index is 1530. The first-order chi connectivity index (χ1) is 16.7. The number of amides is 1. The van der Waals surface area contributed by atoms with Crippen LogP contribution in [0.15, 0.2) is 43.0 Å². The van der Waals surface area contributed by atoms with Crippen molar-refractivity contribution in [3.8, 4) is 0 Å². The van der Waals surface area contributed by atoms with Gasteiger partial charge in [-0.25, -0.2) is 23.7 Å². The average Bonchev–Trinajstić information content (AvgIpc) is 3.36. The third-order valence-corrected chi connectivity index (χ3v) is 5.60. The molecule has 1 amide bonds. The first kappa shape index (κ1) is 17.7. The van der Waals surface area contributed by atoms with Crippen molar-refractivity contribution in [1.82, 2.24) is 24.3 Å². The van der Waals surface area contributed by atoms with Crippen LogP contribution in [-0.2, 0) is 12.1 Å². The lowest BCUT2D eigenvalue weighted by atomic mass is 10.0. The summed E-state index contributed by atoms with van der Waals surface area (Å²) >= 11 is 0. The van der Waals surface area contributed by atoms with Crippen molar-refractivity contribution < 1.29 is 30.9 Å². The van der Waals surface area contributed by atoms with E-state index in [0.717, 1.165) is 6.07 Å². The summed E-state index contributed by atoms with van der Waals surface area (Å²) in [5.41, 5.74) is 3.77. The van der Waals surface area contributed by atoms with Crippen LogP contribution in [0.4, 0.5) is 27.8 Å². The molecule has 1 aromatic carbocycles. The number of hydrogen-bond donors (Lipinski definition) is 1. The van der Waals surface area contributed by atoms with E-state index in [0.29, 0.717) is 17.1 Å². The van der Waals surface area contributed by atoms with Crippen LogP contribution in [0.1, 0.15) is 43.8 Å². The van der Waals surface area contributed by atoms with Gasteiger partial charge in [-0.1, -0.05) is 6.07 Å². The maximum Gasteiger partial charge on any atom is 0.416 e. The standard InChI is InChI=1S/C21H15F5N6O/c1-31(16-6-20(22,23)12-4-10(21(24,25)26)2-3-11(12)16)19(33)13-5-15-14(7-29-13)30-18(27)17-8-28-9-32(15)17/h2-5,7-9,16H,6H2,1H3,(H2,27,30)/t16-/m0/s1/i1D3. The molecule has 3 heterocycles. The Hall–Kier alpha value is -3.83. The molecule has 0 saturated carbocycles. The van der Waals surface area contributed by atoms with Gasteiger partial charge in [0.1, 0.15) is 22.5 Å². The molecule has 7 nitrogen and oxygen atoms in total. The third kappa shape index (κ3) is 3.24. The zero-order chi connectivity index (χ0) is 26.2.